The molecule has 13 heteroatoms. The largest absolute Gasteiger partial charge is 0.377 e. The van der Waals surface area contributed by atoms with Gasteiger partial charge >= 0.3 is 10.2 Å². The van der Waals surface area contributed by atoms with Crippen LogP contribution in [0.1, 0.15) is 66.2 Å². The fraction of sp³-hybridized carbons (Fsp3) is 0.480. The second kappa shape index (κ2) is 7.87. The highest BCUT2D eigenvalue weighted by Crippen LogP contribution is 3.02. The molecule has 1 aliphatic carbocycles. The van der Waals surface area contributed by atoms with Gasteiger partial charge in [-0.15, -0.1) is 0 Å². The Morgan fingerprint density at radius 1 is 1.03 bits per heavy atom. The molecule has 1 amide bonds. The van der Waals surface area contributed by atoms with Crippen molar-refractivity contribution in [1.29, 1.82) is 0 Å². The van der Waals surface area contributed by atoms with Gasteiger partial charge in [-0.25, -0.2) is 14.4 Å². The zero-order chi connectivity index (χ0) is 27.0. The SMILES string of the molecule is O=C(c1ccc(S(F)(F)(F)(F)F)cc1)N1CCC(c2c(F)cnc3nc(C45CCC(CC4)OC5)[nH]c23)CC1. The summed E-state index contributed by atoms with van der Waals surface area (Å²) in [6.07, 6.45) is 6.08. The van der Waals surface area contributed by atoms with Gasteiger partial charge < -0.3 is 14.6 Å². The topological polar surface area (TPSA) is 71.1 Å². The molecule has 2 aromatic heterocycles. The highest BCUT2D eigenvalue weighted by molar-refractivity contribution is 8.45. The van der Waals surface area contributed by atoms with Crippen LogP contribution in [0.25, 0.3) is 11.2 Å². The number of likely N-dealkylation sites (tertiary alicyclic amines) is 1. The minimum absolute atomic E-state index is 0.117. The van der Waals surface area contributed by atoms with Crippen LogP contribution in [0.15, 0.2) is 35.4 Å². The lowest BCUT2D eigenvalue weighted by Crippen LogP contribution is -2.46. The second-order valence-electron chi connectivity index (χ2n) is 10.7. The summed E-state index contributed by atoms with van der Waals surface area (Å²) < 4.78 is 86.0. The van der Waals surface area contributed by atoms with Gasteiger partial charge in [0.05, 0.1) is 29.8 Å². The summed E-state index contributed by atoms with van der Waals surface area (Å²) in [6, 6.07) is 2.01. The van der Waals surface area contributed by atoms with E-state index in [-0.39, 0.29) is 42.1 Å². The number of carbonyl (C=O) groups excluding carboxylic acids is 1. The first-order valence-corrected chi connectivity index (χ1v) is 14.5. The van der Waals surface area contributed by atoms with Crippen molar-refractivity contribution < 1.29 is 33.4 Å². The maximum atomic E-state index is 15.1. The number of benzene rings is 1. The summed E-state index contributed by atoms with van der Waals surface area (Å²) in [7, 11) is -9.81. The van der Waals surface area contributed by atoms with Gasteiger partial charge in [0.2, 0.25) is 0 Å². The van der Waals surface area contributed by atoms with Crippen molar-refractivity contribution in [2.45, 2.75) is 60.9 Å². The van der Waals surface area contributed by atoms with Gasteiger partial charge in [-0.05, 0) is 68.7 Å². The molecule has 7 rings (SSSR count). The number of imidazole rings is 1. The van der Waals surface area contributed by atoms with Crippen molar-refractivity contribution in [2.24, 2.45) is 0 Å². The van der Waals surface area contributed by atoms with E-state index < -0.39 is 26.8 Å². The highest BCUT2D eigenvalue weighted by atomic mass is 32.5. The van der Waals surface area contributed by atoms with Gasteiger partial charge in [0.25, 0.3) is 5.91 Å². The molecule has 2 bridgehead atoms. The van der Waals surface area contributed by atoms with Crippen molar-refractivity contribution in [3.8, 4) is 0 Å². The van der Waals surface area contributed by atoms with Crippen LogP contribution in [0.4, 0.5) is 23.8 Å². The third-order valence-corrected chi connectivity index (χ3v) is 9.40. The number of nitrogens with one attached hydrogen (secondary N) is 1. The van der Waals surface area contributed by atoms with Gasteiger partial charge in [0.1, 0.15) is 16.5 Å². The van der Waals surface area contributed by atoms with Gasteiger partial charge in [-0.2, -0.15) is 0 Å². The molecule has 38 heavy (non-hydrogen) atoms. The van der Waals surface area contributed by atoms with E-state index in [1.54, 1.807) is 0 Å². The standard InChI is InChI=1S/C25H26F6N4O2S/c26-19-13-32-22-21(33-24(34-22)25-9-5-17(6-10-25)37-14-25)20(19)15-7-11-35(12-8-15)23(36)16-1-3-18(4-2-16)38(27,28,29,30)31/h1-4,13,15,17H,5-12,14H2,(H,32,33,34). The molecule has 3 aromatic rings. The van der Waals surface area contributed by atoms with E-state index in [0.717, 1.165) is 49.8 Å². The first-order chi connectivity index (χ1) is 17.7. The Morgan fingerprint density at radius 2 is 1.68 bits per heavy atom. The van der Waals surface area contributed by atoms with E-state index in [9.17, 15) is 24.2 Å². The Bertz CT molecular complexity index is 1400. The number of H-pyrrole nitrogens is 1. The van der Waals surface area contributed by atoms with Crippen molar-refractivity contribution in [1.82, 2.24) is 19.9 Å². The van der Waals surface area contributed by atoms with Crippen LogP contribution in [-0.4, -0.2) is 51.6 Å². The van der Waals surface area contributed by atoms with E-state index in [1.807, 2.05) is 0 Å². The molecule has 0 atom stereocenters. The molecule has 0 spiro atoms. The molecular weight excluding hydrogens is 534 g/mol. The predicted octanol–water partition coefficient (Wildman–Crippen LogP) is 6.98. The number of aromatic nitrogens is 3. The summed E-state index contributed by atoms with van der Waals surface area (Å²) in [5.74, 6) is -0.504. The van der Waals surface area contributed by atoms with Crippen molar-refractivity contribution >= 4 is 27.3 Å². The maximum Gasteiger partial charge on any atom is 0.310 e. The lowest BCUT2D eigenvalue weighted by Gasteiger charge is -2.44. The smallest absolute Gasteiger partial charge is 0.310 e. The van der Waals surface area contributed by atoms with Crippen LogP contribution in [0.2, 0.25) is 0 Å². The quantitative estimate of drug-likeness (QED) is 0.350. The predicted molar refractivity (Wildman–Crippen MR) is 129 cm³/mol. The van der Waals surface area contributed by atoms with Crippen LogP contribution in [0.5, 0.6) is 0 Å². The second-order valence-corrected chi connectivity index (χ2v) is 13.1. The Kier molecular flexibility index (Phi) is 5.28. The first-order valence-electron chi connectivity index (χ1n) is 12.5. The number of aromatic amines is 1. The van der Waals surface area contributed by atoms with Crippen molar-refractivity contribution in [3.05, 3.63) is 53.2 Å². The van der Waals surface area contributed by atoms with E-state index in [2.05, 4.69) is 9.97 Å². The minimum atomic E-state index is -9.81. The number of ether oxygens (including phenoxy) is 1. The van der Waals surface area contributed by atoms with Gasteiger partial charge in [-0.3, -0.25) is 4.79 Å². The average Bonchev–Trinajstić information content (AvgIpc) is 3.34. The molecule has 5 heterocycles. The zero-order valence-electron chi connectivity index (χ0n) is 20.2. The third-order valence-electron chi connectivity index (χ3n) is 8.24. The van der Waals surface area contributed by atoms with Crippen LogP contribution >= 0.6 is 10.2 Å². The van der Waals surface area contributed by atoms with Crippen LogP contribution in [0.3, 0.4) is 0 Å². The molecular formula is C25H26F6N4O2S. The van der Waals surface area contributed by atoms with Gasteiger partial charge in [0, 0.05) is 24.2 Å². The molecule has 0 radical (unpaired) electrons. The molecule has 0 unspecified atom stereocenters. The monoisotopic (exact) mass is 560 g/mol. The third kappa shape index (κ3) is 4.42. The summed E-state index contributed by atoms with van der Waals surface area (Å²) in [5, 5.41) is 0. The molecule has 1 aromatic carbocycles. The number of nitrogens with zero attached hydrogens (tertiary/aromatic N) is 3. The summed E-state index contributed by atoms with van der Waals surface area (Å²) >= 11 is 0. The molecule has 6 nitrogen and oxygen atoms in total. The molecule has 4 aliphatic rings. The first kappa shape index (κ1) is 25.5. The molecule has 1 N–H and O–H groups in total. The molecule has 3 aliphatic heterocycles. The fourth-order valence-corrected chi connectivity index (χ4v) is 6.70. The Labute approximate surface area is 214 Å². The van der Waals surface area contributed by atoms with E-state index in [1.165, 1.54) is 4.90 Å². The van der Waals surface area contributed by atoms with E-state index in [4.69, 9.17) is 9.72 Å². The Balaban J connectivity index is 1.20. The number of rotatable bonds is 4. The number of pyridine rings is 1. The molecule has 206 valence electrons. The van der Waals surface area contributed by atoms with Crippen LogP contribution in [-0.2, 0) is 10.2 Å². The lowest BCUT2D eigenvalue weighted by atomic mass is 9.71. The molecule has 1 saturated carbocycles. The van der Waals surface area contributed by atoms with Gasteiger partial charge in [0.15, 0.2) is 5.65 Å². The number of amides is 1. The van der Waals surface area contributed by atoms with Crippen molar-refractivity contribution in [2.75, 3.05) is 19.7 Å². The number of carbonyl (C=O) groups is 1. The van der Waals surface area contributed by atoms with Gasteiger partial charge in [-0.1, -0.05) is 19.4 Å². The number of piperidine rings is 1. The summed E-state index contributed by atoms with van der Waals surface area (Å²) in [6.45, 7) is 1.03. The Morgan fingerprint density at radius 3 is 2.26 bits per heavy atom. The Hall–Kier alpha value is -2.80. The minimum Gasteiger partial charge on any atom is -0.377 e. The molecule has 4 fully saturated rings. The maximum absolute atomic E-state index is 15.1. The zero-order valence-corrected chi connectivity index (χ0v) is 21.1. The average molecular weight is 561 g/mol. The van der Waals surface area contributed by atoms with E-state index >= 15 is 4.39 Å². The number of hydrogen-bond donors (Lipinski definition) is 1. The highest BCUT2D eigenvalue weighted by Gasteiger charge is 2.65. The number of halogens is 6. The lowest BCUT2D eigenvalue weighted by molar-refractivity contribution is -0.0817. The fourth-order valence-electron chi connectivity index (χ4n) is 6.05. The normalized spacial score (nSPS) is 26.4. The van der Waals surface area contributed by atoms with Crippen LogP contribution < -0.4 is 0 Å². The summed E-state index contributed by atoms with van der Waals surface area (Å²) in [4.78, 5) is 24.5. The number of hydrogen-bond acceptors (Lipinski definition) is 4. The molecule has 3 saturated heterocycles. The van der Waals surface area contributed by atoms with Crippen molar-refractivity contribution in [3.63, 3.8) is 0 Å². The summed E-state index contributed by atoms with van der Waals surface area (Å²) in [5.41, 5.74) is 1.09. The van der Waals surface area contributed by atoms with Crippen LogP contribution in [0, 0.1) is 5.82 Å². The number of fused-ring (bicyclic) bond motifs is 4. The van der Waals surface area contributed by atoms with E-state index in [0.29, 0.717) is 42.3 Å².